The number of rotatable bonds is 11. The third-order valence-electron chi connectivity index (χ3n) is 9.66. The third kappa shape index (κ3) is 4.10. The lowest BCUT2D eigenvalue weighted by molar-refractivity contribution is -0.322. The maximum Gasteiger partial charge on any atom is 0.207 e. The van der Waals surface area contributed by atoms with Crippen LogP contribution in [0.15, 0.2) is 72.0 Å². The van der Waals surface area contributed by atoms with Crippen LogP contribution < -0.4 is 0 Å². The highest BCUT2D eigenvalue weighted by molar-refractivity contribution is 5.39. The molecule has 2 aromatic rings. The second kappa shape index (κ2) is 10.3. The zero-order valence-corrected chi connectivity index (χ0v) is 23.2. The van der Waals surface area contributed by atoms with E-state index in [0.717, 1.165) is 41.7 Å². The van der Waals surface area contributed by atoms with Crippen LogP contribution in [0.4, 0.5) is 0 Å². The Balaban J connectivity index is 1.17. The molecule has 3 saturated heterocycles. The second-order valence-corrected chi connectivity index (χ2v) is 11.8. The zero-order valence-electron chi connectivity index (χ0n) is 23.2. The topological polar surface area (TPSA) is 55.4 Å². The van der Waals surface area contributed by atoms with Crippen LogP contribution in [0.2, 0.25) is 0 Å². The van der Waals surface area contributed by atoms with Gasteiger partial charge in [0, 0.05) is 29.2 Å². The summed E-state index contributed by atoms with van der Waals surface area (Å²) in [5.41, 5.74) is 3.43. The van der Waals surface area contributed by atoms with Crippen LogP contribution in [-0.4, -0.2) is 37.2 Å². The first kappa shape index (κ1) is 25.7. The van der Waals surface area contributed by atoms with Gasteiger partial charge in [0.15, 0.2) is 12.6 Å². The molecule has 3 aliphatic heterocycles. The highest BCUT2D eigenvalue weighted by atomic mass is 16.8. The summed E-state index contributed by atoms with van der Waals surface area (Å²) in [6.45, 7) is 8.38. The number of hydrogen-bond acceptors (Lipinski definition) is 6. The van der Waals surface area contributed by atoms with Gasteiger partial charge in [-0.1, -0.05) is 87.9 Å². The lowest BCUT2D eigenvalue weighted by atomic mass is 9.66. The molecular weight excluding hydrogens is 492 g/mol. The normalized spacial score (nSPS) is 39.7. The first-order valence-corrected chi connectivity index (χ1v) is 14.8. The summed E-state index contributed by atoms with van der Waals surface area (Å²) in [5.74, 6) is 1.33. The molecule has 5 aliphatic rings. The molecule has 4 fully saturated rings. The maximum atomic E-state index is 6.95. The quantitative estimate of drug-likeness (QED) is 0.343. The number of ether oxygens (including phenoxy) is 6. The van der Waals surface area contributed by atoms with Crippen molar-refractivity contribution < 1.29 is 28.4 Å². The van der Waals surface area contributed by atoms with E-state index < -0.39 is 5.79 Å². The molecule has 2 aliphatic carbocycles. The molecule has 7 rings (SSSR count). The number of fused-ring (bicyclic) bond motifs is 2. The number of hydrogen-bond donors (Lipinski definition) is 0. The molecule has 6 nitrogen and oxygen atoms in total. The van der Waals surface area contributed by atoms with Crippen LogP contribution in [0.25, 0.3) is 0 Å². The predicted molar refractivity (Wildman–Crippen MR) is 145 cm³/mol. The van der Waals surface area contributed by atoms with Gasteiger partial charge in [0.2, 0.25) is 5.79 Å². The second-order valence-electron chi connectivity index (χ2n) is 11.8. The average Bonchev–Trinajstić information content (AvgIpc) is 3.28. The fraction of sp³-hybridized carbons (Fsp3) is 0.576. The molecular formula is C33H40O6. The van der Waals surface area contributed by atoms with Crippen LogP contribution in [0.3, 0.4) is 0 Å². The SMILES string of the molecule is CCCC1=C(OCc2ccccc2)C2C(CC)C(OC3C4COC5OC4C3C5C)OC12OCc1ccccc1. The molecule has 0 radical (unpaired) electrons. The Labute approximate surface area is 231 Å². The van der Waals surface area contributed by atoms with Crippen molar-refractivity contribution in [3.8, 4) is 0 Å². The summed E-state index contributed by atoms with van der Waals surface area (Å²) in [7, 11) is 0. The van der Waals surface area contributed by atoms with Gasteiger partial charge in [-0.15, -0.1) is 0 Å². The van der Waals surface area contributed by atoms with Crippen LogP contribution in [0.1, 0.15) is 51.2 Å². The van der Waals surface area contributed by atoms with E-state index >= 15 is 0 Å². The van der Waals surface area contributed by atoms with Crippen LogP contribution in [0, 0.1) is 29.6 Å². The molecule has 0 amide bonds. The number of benzene rings is 2. The van der Waals surface area contributed by atoms with Gasteiger partial charge in [-0.2, -0.15) is 0 Å². The Morgan fingerprint density at radius 1 is 0.949 bits per heavy atom. The summed E-state index contributed by atoms with van der Waals surface area (Å²) < 4.78 is 39.4. The Morgan fingerprint density at radius 2 is 1.67 bits per heavy atom. The minimum atomic E-state index is -0.821. The smallest absolute Gasteiger partial charge is 0.207 e. The van der Waals surface area contributed by atoms with Crippen LogP contribution in [0.5, 0.6) is 0 Å². The van der Waals surface area contributed by atoms with Gasteiger partial charge in [-0.05, 0) is 24.0 Å². The van der Waals surface area contributed by atoms with E-state index in [0.29, 0.717) is 31.7 Å². The third-order valence-corrected chi connectivity index (χ3v) is 9.66. The summed E-state index contributed by atoms with van der Waals surface area (Å²) in [6.07, 6.45) is 2.66. The van der Waals surface area contributed by atoms with E-state index in [9.17, 15) is 0 Å². The predicted octanol–water partition coefficient (Wildman–Crippen LogP) is 6.21. The van der Waals surface area contributed by atoms with Gasteiger partial charge in [0.1, 0.15) is 12.4 Å². The first-order chi connectivity index (χ1) is 19.1. The van der Waals surface area contributed by atoms with Gasteiger partial charge in [0.05, 0.1) is 31.3 Å². The van der Waals surface area contributed by atoms with Gasteiger partial charge in [-0.3, -0.25) is 0 Å². The highest BCUT2D eigenvalue weighted by Gasteiger charge is 2.70. The van der Waals surface area contributed by atoms with E-state index in [1.165, 1.54) is 0 Å². The largest absolute Gasteiger partial charge is 0.493 e. The van der Waals surface area contributed by atoms with Crippen molar-refractivity contribution in [1.82, 2.24) is 0 Å². The van der Waals surface area contributed by atoms with E-state index in [-0.39, 0.29) is 42.5 Å². The molecule has 208 valence electrons. The van der Waals surface area contributed by atoms with E-state index in [1.807, 2.05) is 12.1 Å². The molecule has 2 bridgehead atoms. The van der Waals surface area contributed by atoms with Gasteiger partial charge >= 0.3 is 0 Å². The minimum absolute atomic E-state index is 0.00201. The molecule has 2 aromatic carbocycles. The fourth-order valence-electron chi connectivity index (χ4n) is 7.65. The molecule has 0 aromatic heterocycles. The van der Waals surface area contributed by atoms with Crippen molar-refractivity contribution in [2.75, 3.05) is 6.61 Å². The zero-order chi connectivity index (χ0) is 26.6. The molecule has 39 heavy (non-hydrogen) atoms. The first-order valence-electron chi connectivity index (χ1n) is 14.8. The molecule has 10 unspecified atom stereocenters. The molecule has 0 N–H and O–H groups in total. The summed E-state index contributed by atoms with van der Waals surface area (Å²) in [4.78, 5) is 0. The lowest BCUT2D eigenvalue weighted by Gasteiger charge is -2.49. The van der Waals surface area contributed by atoms with Crippen molar-refractivity contribution >= 4 is 0 Å². The van der Waals surface area contributed by atoms with E-state index in [1.54, 1.807) is 0 Å². The fourth-order valence-corrected chi connectivity index (χ4v) is 7.65. The van der Waals surface area contributed by atoms with E-state index in [4.69, 9.17) is 28.4 Å². The summed E-state index contributed by atoms with van der Waals surface area (Å²) >= 11 is 0. The van der Waals surface area contributed by atoms with Gasteiger partial charge < -0.3 is 28.4 Å². The average molecular weight is 533 g/mol. The van der Waals surface area contributed by atoms with Crippen LogP contribution in [-0.2, 0) is 41.6 Å². The van der Waals surface area contributed by atoms with E-state index in [2.05, 4.69) is 69.3 Å². The Hall–Kier alpha value is -2.22. The standard InChI is InChI=1S/C33H40O6/c1-4-12-25-30(34-17-21-13-8-6-9-14-21)27-23(5-2)32(39-33(25,27)36-18-22-15-10-7-11-16-22)38-29-24-19-35-31-20(3)26(29)28(24)37-31/h6-11,13-16,20,23-24,26-29,31-32H,4-5,12,17-19H2,1-3H3. The lowest BCUT2D eigenvalue weighted by Crippen LogP contribution is -2.59. The van der Waals surface area contributed by atoms with Crippen molar-refractivity contribution in [1.29, 1.82) is 0 Å². The van der Waals surface area contributed by atoms with Crippen molar-refractivity contribution in [3.05, 3.63) is 83.1 Å². The Morgan fingerprint density at radius 3 is 2.36 bits per heavy atom. The molecule has 1 saturated carbocycles. The minimum Gasteiger partial charge on any atom is -0.493 e. The van der Waals surface area contributed by atoms with Crippen molar-refractivity contribution in [2.45, 2.75) is 83.8 Å². The maximum absolute atomic E-state index is 6.95. The Kier molecular flexibility index (Phi) is 6.80. The monoisotopic (exact) mass is 532 g/mol. The summed E-state index contributed by atoms with van der Waals surface area (Å²) in [6, 6.07) is 20.7. The van der Waals surface area contributed by atoms with Gasteiger partial charge in [0.25, 0.3) is 0 Å². The Bertz CT molecular complexity index is 1180. The van der Waals surface area contributed by atoms with Crippen LogP contribution >= 0.6 is 0 Å². The highest BCUT2D eigenvalue weighted by Crippen LogP contribution is 2.62. The summed E-state index contributed by atoms with van der Waals surface area (Å²) in [5, 5.41) is 0. The molecule has 3 heterocycles. The van der Waals surface area contributed by atoms with Crippen molar-refractivity contribution in [2.24, 2.45) is 29.6 Å². The molecule has 10 atom stereocenters. The molecule has 6 heteroatoms. The van der Waals surface area contributed by atoms with Crippen molar-refractivity contribution in [3.63, 3.8) is 0 Å². The molecule has 0 spiro atoms. The van der Waals surface area contributed by atoms with Gasteiger partial charge in [-0.25, -0.2) is 0 Å².